The molecule has 0 aromatic heterocycles. The summed E-state index contributed by atoms with van der Waals surface area (Å²) in [5, 5.41) is 3.48. The normalized spacial score (nSPS) is 27.8. The summed E-state index contributed by atoms with van der Waals surface area (Å²) in [6.45, 7) is 8.86. The van der Waals surface area contributed by atoms with E-state index in [1.54, 1.807) is 0 Å². The molecule has 2 aliphatic rings. The first kappa shape index (κ1) is 14.3. The van der Waals surface area contributed by atoms with Crippen molar-refractivity contribution in [3.05, 3.63) is 0 Å². The molecule has 2 heteroatoms. The number of nitrogens with zero attached hydrogens (tertiary/aromatic N) is 1. The van der Waals surface area contributed by atoms with Gasteiger partial charge in [-0.05, 0) is 63.6 Å². The maximum Gasteiger partial charge on any atom is 0.00129 e. The van der Waals surface area contributed by atoms with Gasteiger partial charge in [0.2, 0.25) is 0 Å². The SMILES string of the molecule is CCCNCCCCCCN1CC2CCCC2C1. The lowest BCUT2D eigenvalue weighted by atomic mass is 10.0. The molecule has 1 saturated heterocycles. The lowest BCUT2D eigenvalue weighted by molar-refractivity contribution is 0.302. The van der Waals surface area contributed by atoms with Crippen LogP contribution in [0.25, 0.3) is 0 Å². The standard InChI is InChI=1S/C16H32N2/c1-2-10-17-11-5-3-4-6-12-18-13-15-8-7-9-16(15)14-18/h15-17H,2-14H2,1H3. The van der Waals surface area contributed by atoms with Crippen LogP contribution in [0.15, 0.2) is 0 Å². The number of likely N-dealkylation sites (tertiary alicyclic amines) is 1. The summed E-state index contributed by atoms with van der Waals surface area (Å²) in [6, 6.07) is 0. The Hall–Kier alpha value is -0.0800. The molecular weight excluding hydrogens is 220 g/mol. The van der Waals surface area contributed by atoms with Crippen LogP contribution in [0.3, 0.4) is 0 Å². The van der Waals surface area contributed by atoms with Crippen molar-refractivity contribution in [2.75, 3.05) is 32.7 Å². The molecule has 18 heavy (non-hydrogen) atoms. The highest BCUT2D eigenvalue weighted by molar-refractivity contribution is 4.88. The van der Waals surface area contributed by atoms with Crippen LogP contribution in [0.4, 0.5) is 0 Å². The number of hydrogen-bond acceptors (Lipinski definition) is 2. The predicted octanol–water partition coefficient (Wildman–Crippen LogP) is 3.28. The Labute approximate surface area is 114 Å². The van der Waals surface area contributed by atoms with Crippen molar-refractivity contribution in [3.63, 3.8) is 0 Å². The molecule has 1 heterocycles. The summed E-state index contributed by atoms with van der Waals surface area (Å²) in [7, 11) is 0. The summed E-state index contributed by atoms with van der Waals surface area (Å²) in [5.41, 5.74) is 0. The quantitative estimate of drug-likeness (QED) is 0.634. The first-order valence-corrected chi connectivity index (χ1v) is 8.33. The Balaban J connectivity index is 1.40. The predicted molar refractivity (Wildman–Crippen MR) is 78.9 cm³/mol. The number of rotatable bonds is 9. The first-order chi connectivity index (χ1) is 8.90. The molecular formula is C16H32N2. The first-order valence-electron chi connectivity index (χ1n) is 8.33. The third kappa shape index (κ3) is 4.55. The van der Waals surface area contributed by atoms with E-state index in [1.165, 1.54) is 84.1 Å². The van der Waals surface area contributed by atoms with Crippen molar-refractivity contribution in [3.8, 4) is 0 Å². The van der Waals surface area contributed by atoms with Gasteiger partial charge < -0.3 is 10.2 Å². The van der Waals surface area contributed by atoms with E-state index in [2.05, 4.69) is 17.1 Å². The van der Waals surface area contributed by atoms with Gasteiger partial charge in [-0.1, -0.05) is 26.2 Å². The molecule has 106 valence electrons. The fourth-order valence-electron chi connectivity index (χ4n) is 3.76. The molecule has 2 atom stereocenters. The molecule has 2 fully saturated rings. The molecule has 1 aliphatic heterocycles. The van der Waals surface area contributed by atoms with Crippen LogP contribution in [-0.4, -0.2) is 37.6 Å². The molecule has 0 amide bonds. The number of fused-ring (bicyclic) bond motifs is 1. The molecule has 0 radical (unpaired) electrons. The van der Waals surface area contributed by atoms with Gasteiger partial charge in [-0.3, -0.25) is 0 Å². The second-order valence-electron chi connectivity index (χ2n) is 6.37. The minimum Gasteiger partial charge on any atom is -0.317 e. The van der Waals surface area contributed by atoms with Gasteiger partial charge in [-0.2, -0.15) is 0 Å². The van der Waals surface area contributed by atoms with E-state index in [-0.39, 0.29) is 0 Å². The monoisotopic (exact) mass is 252 g/mol. The van der Waals surface area contributed by atoms with E-state index in [9.17, 15) is 0 Å². The van der Waals surface area contributed by atoms with Crippen LogP contribution in [-0.2, 0) is 0 Å². The van der Waals surface area contributed by atoms with Crippen molar-refractivity contribution < 1.29 is 0 Å². The zero-order valence-corrected chi connectivity index (χ0v) is 12.3. The maximum atomic E-state index is 3.48. The van der Waals surface area contributed by atoms with Gasteiger partial charge in [0.25, 0.3) is 0 Å². The largest absolute Gasteiger partial charge is 0.317 e. The van der Waals surface area contributed by atoms with Crippen molar-refractivity contribution >= 4 is 0 Å². The Bertz CT molecular complexity index is 205. The molecule has 0 aromatic carbocycles. The van der Waals surface area contributed by atoms with Gasteiger partial charge in [0, 0.05) is 13.1 Å². The van der Waals surface area contributed by atoms with Crippen LogP contribution in [0.2, 0.25) is 0 Å². The molecule has 1 saturated carbocycles. The molecule has 1 aliphatic carbocycles. The Morgan fingerprint density at radius 3 is 2.39 bits per heavy atom. The average Bonchev–Trinajstić information content (AvgIpc) is 2.93. The molecule has 0 spiro atoms. The van der Waals surface area contributed by atoms with Gasteiger partial charge in [0.1, 0.15) is 0 Å². The van der Waals surface area contributed by atoms with Crippen molar-refractivity contribution in [2.45, 2.75) is 58.3 Å². The van der Waals surface area contributed by atoms with Gasteiger partial charge >= 0.3 is 0 Å². The smallest absolute Gasteiger partial charge is 0.00129 e. The van der Waals surface area contributed by atoms with Crippen molar-refractivity contribution in [1.29, 1.82) is 0 Å². The summed E-state index contributed by atoms with van der Waals surface area (Å²) in [4.78, 5) is 2.74. The van der Waals surface area contributed by atoms with Crippen LogP contribution >= 0.6 is 0 Å². The van der Waals surface area contributed by atoms with Gasteiger partial charge in [-0.15, -0.1) is 0 Å². The lowest BCUT2D eigenvalue weighted by Gasteiger charge is -2.16. The van der Waals surface area contributed by atoms with E-state index in [0.29, 0.717) is 0 Å². The number of unbranched alkanes of at least 4 members (excludes halogenated alkanes) is 3. The maximum absolute atomic E-state index is 3.48. The zero-order chi connectivity index (χ0) is 12.6. The number of hydrogen-bond donors (Lipinski definition) is 1. The van der Waals surface area contributed by atoms with Crippen LogP contribution in [0.1, 0.15) is 58.3 Å². The second-order valence-corrected chi connectivity index (χ2v) is 6.37. The second kappa shape index (κ2) is 8.16. The van der Waals surface area contributed by atoms with E-state index in [0.717, 1.165) is 11.8 Å². The zero-order valence-electron chi connectivity index (χ0n) is 12.3. The van der Waals surface area contributed by atoms with E-state index in [1.807, 2.05) is 0 Å². The number of nitrogens with one attached hydrogen (secondary N) is 1. The summed E-state index contributed by atoms with van der Waals surface area (Å²) < 4.78 is 0. The molecule has 1 N–H and O–H groups in total. The summed E-state index contributed by atoms with van der Waals surface area (Å²) >= 11 is 0. The third-order valence-electron chi connectivity index (χ3n) is 4.81. The van der Waals surface area contributed by atoms with Crippen LogP contribution < -0.4 is 5.32 Å². The molecule has 2 nitrogen and oxygen atoms in total. The highest BCUT2D eigenvalue weighted by Crippen LogP contribution is 2.37. The Kier molecular flexibility index (Phi) is 6.50. The summed E-state index contributed by atoms with van der Waals surface area (Å²) in [6.07, 6.45) is 11.4. The highest BCUT2D eigenvalue weighted by atomic mass is 15.2. The fraction of sp³-hybridized carbons (Fsp3) is 1.00. The topological polar surface area (TPSA) is 15.3 Å². The van der Waals surface area contributed by atoms with E-state index < -0.39 is 0 Å². The van der Waals surface area contributed by atoms with E-state index in [4.69, 9.17) is 0 Å². The van der Waals surface area contributed by atoms with Crippen LogP contribution in [0.5, 0.6) is 0 Å². The minimum absolute atomic E-state index is 1.07. The fourth-order valence-corrected chi connectivity index (χ4v) is 3.76. The molecule has 2 rings (SSSR count). The van der Waals surface area contributed by atoms with Gasteiger partial charge in [0.15, 0.2) is 0 Å². The average molecular weight is 252 g/mol. The van der Waals surface area contributed by atoms with Crippen molar-refractivity contribution in [2.24, 2.45) is 11.8 Å². The lowest BCUT2D eigenvalue weighted by Crippen LogP contribution is -2.23. The molecule has 0 aromatic rings. The third-order valence-corrected chi connectivity index (χ3v) is 4.81. The van der Waals surface area contributed by atoms with Gasteiger partial charge in [0.05, 0.1) is 0 Å². The molecule has 0 bridgehead atoms. The highest BCUT2D eigenvalue weighted by Gasteiger charge is 2.35. The molecule has 2 unspecified atom stereocenters. The Morgan fingerprint density at radius 1 is 0.944 bits per heavy atom. The Morgan fingerprint density at radius 2 is 1.67 bits per heavy atom. The van der Waals surface area contributed by atoms with Crippen molar-refractivity contribution in [1.82, 2.24) is 10.2 Å². The minimum atomic E-state index is 1.07. The van der Waals surface area contributed by atoms with E-state index >= 15 is 0 Å². The summed E-state index contributed by atoms with van der Waals surface area (Å²) in [5.74, 6) is 2.14. The van der Waals surface area contributed by atoms with Gasteiger partial charge in [-0.25, -0.2) is 0 Å². The van der Waals surface area contributed by atoms with Crippen LogP contribution in [0, 0.1) is 11.8 Å².